The summed E-state index contributed by atoms with van der Waals surface area (Å²) in [6.45, 7) is 0.824. The van der Waals surface area contributed by atoms with Gasteiger partial charge in [0, 0.05) is 12.6 Å². The molecular formula is C12H21NO4. The molecule has 0 aromatic carbocycles. The summed E-state index contributed by atoms with van der Waals surface area (Å²) < 4.78 is 9.29. The molecule has 0 unspecified atom stereocenters. The van der Waals surface area contributed by atoms with Gasteiger partial charge in [0.1, 0.15) is 0 Å². The van der Waals surface area contributed by atoms with E-state index in [1.54, 1.807) is 0 Å². The Balaban J connectivity index is 2.45. The fourth-order valence-corrected chi connectivity index (χ4v) is 2.23. The van der Waals surface area contributed by atoms with E-state index in [1.165, 1.54) is 27.1 Å². The molecule has 1 aliphatic carbocycles. The summed E-state index contributed by atoms with van der Waals surface area (Å²) in [5.41, 5.74) is 0. The van der Waals surface area contributed by atoms with Gasteiger partial charge in [-0.3, -0.25) is 14.5 Å². The van der Waals surface area contributed by atoms with Crippen molar-refractivity contribution >= 4 is 11.9 Å². The molecule has 0 aliphatic heterocycles. The van der Waals surface area contributed by atoms with E-state index in [1.807, 2.05) is 4.90 Å². The molecule has 0 saturated heterocycles. The number of carbonyl (C=O) groups is 2. The van der Waals surface area contributed by atoms with E-state index in [0.29, 0.717) is 19.0 Å². The molecule has 1 aliphatic rings. The van der Waals surface area contributed by atoms with Crippen LogP contribution in [-0.2, 0) is 19.1 Å². The summed E-state index contributed by atoms with van der Waals surface area (Å²) in [5.74, 6) is -0.486. The van der Waals surface area contributed by atoms with Crippen molar-refractivity contribution in [3.8, 4) is 0 Å². The summed E-state index contributed by atoms with van der Waals surface area (Å²) >= 11 is 0. The van der Waals surface area contributed by atoms with Gasteiger partial charge in [-0.2, -0.15) is 0 Å². The maximum Gasteiger partial charge on any atom is 0.319 e. The van der Waals surface area contributed by atoms with Gasteiger partial charge in [0.15, 0.2) is 0 Å². The molecule has 17 heavy (non-hydrogen) atoms. The molecule has 1 rings (SSSR count). The first-order valence-corrected chi connectivity index (χ1v) is 6.05. The molecule has 0 radical (unpaired) electrons. The molecule has 0 N–H and O–H groups in total. The minimum atomic E-state index is -0.248. The fourth-order valence-electron chi connectivity index (χ4n) is 2.23. The molecule has 0 aromatic rings. The first-order valence-electron chi connectivity index (χ1n) is 6.05. The summed E-state index contributed by atoms with van der Waals surface area (Å²) in [5, 5.41) is 0. The van der Waals surface area contributed by atoms with Crippen molar-refractivity contribution in [2.24, 2.45) is 0 Å². The average molecular weight is 243 g/mol. The van der Waals surface area contributed by atoms with E-state index < -0.39 is 0 Å². The third-order valence-electron chi connectivity index (χ3n) is 3.23. The van der Waals surface area contributed by atoms with Gasteiger partial charge >= 0.3 is 11.9 Å². The van der Waals surface area contributed by atoms with Crippen molar-refractivity contribution < 1.29 is 19.1 Å². The van der Waals surface area contributed by atoms with Crippen LogP contribution in [0.1, 0.15) is 32.1 Å². The van der Waals surface area contributed by atoms with Crippen molar-refractivity contribution in [2.45, 2.75) is 38.1 Å². The Bertz CT molecular complexity index is 261. The van der Waals surface area contributed by atoms with Gasteiger partial charge in [-0.05, 0) is 12.8 Å². The zero-order valence-corrected chi connectivity index (χ0v) is 10.6. The van der Waals surface area contributed by atoms with E-state index in [9.17, 15) is 9.59 Å². The van der Waals surface area contributed by atoms with Crippen LogP contribution in [0, 0.1) is 0 Å². The maximum atomic E-state index is 11.3. The number of rotatable bonds is 6. The van der Waals surface area contributed by atoms with Crippen molar-refractivity contribution in [2.75, 3.05) is 27.3 Å². The van der Waals surface area contributed by atoms with Crippen LogP contribution >= 0.6 is 0 Å². The van der Waals surface area contributed by atoms with E-state index in [2.05, 4.69) is 9.47 Å². The van der Waals surface area contributed by atoms with E-state index in [4.69, 9.17) is 0 Å². The topological polar surface area (TPSA) is 55.8 Å². The molecule has 0 bridgehead atoms. The Hall–Kier alpha value is -1.10. The predicted molar refractivity (Wildman–Crippen MR) is 62.5 cm³/mol. The molecule has 5 nitrogen and oxygen atoms in total. The van der Waals surface area contributed by atoms with Crippen LogP contribution in [0.3, 0.4) is 0 Å². The Morgan fingerprint density at radius 2 is 1.71 bits per heavy atom. The lowest BCUT2D eigenvalue weighted by Crippen LogP contribution is -2.39. The van der Waals surface area contributed by atoms with Gasteiger partial charge in [0.05, 0.1) is 27.2 Å². The molecule has 1 fully saturated rings. The van der Waals surface area contributed by atoms with Gasteiger partial charge in [-0.25, -0.2) is 0 Å². The summed E-state index contributed by atoms with van der Waals surface area (Å²) in [4.78, 5) is 24.5. The van der Waals surface area contributed by atoms with Crippen LogP contribution in [-0.4, -0.2) is 50.2 Å². The molecule has 0 amide bonds. The molecular weight excluding hydrogens is 222 g/mol. The molecule has 5 heteroatoms. The van der Waals surface area contributed by atoms with Crippen LogP contribution in [0.4, 0.5) is 0 Å². The highest BCUT2D eigenvalue weighted by molar-refractivity contribution is 5.72. The van der Waals surface area contributed by atoms with Crippen LogP contribution < -0.4 is 0 Å². The largest absolute Gasteiger partial charge is 0.469 e. The Morgan fingerprint density at radius 1 is 1.12 bits per heavy atom. The number of hydrogen-bond acceptors (Lipinski definition) is 5. The normalized spacial score (nSPS) is 16.2. The first-order chi connectivity index (χ1) is 8.17. The number of esters is 2. The van der Waals surface area contributed by atoms with Gasteiger partial charge < -0.3 is 9.47 Å². The highest BCUT2D eigenvalue weighted by atomic mass is 16.5. The minimum Gasteiger partial charge on any atom is -0.469 e. The zero-order valence-electron chi connectivity index (χ0n) is 10.6. The Labute approximate surface area is 102 Å². The van der Waals surface area contributed by atoms with Crippen molar-refractivity contribution in [1.82, 2.24) is 4.90 Å². The molecule has 0 aromatic heterocycles. The third kappa shape index (κ3) is 4.73. The quantitative estimate of drug-likeness (QED) is 0.651. The molecule has 98 valence electrons. The molecule has 0 atom stereocenters. The lowest BCUT2D eigenvalue weighted by Gasteiger charge is -2.27. The average Bonchev–Trinajstić information content (AvgIpc) is 2.87. The van der Waals surface area contributed by atoms with Crippen molar-refractivity contribution in [3.63, 3.8) is 0 Å². The lowest BCUT2D eigenvalue weighted by atomic mass is 10.2. The molecule has 0 spiro atoms. The van der Waals surface area contributed by atoms with Crippen LogP contribution in [0.15, 0.2) is 0 Å². The summed E-state index contributed by atoms with van der Waals surface area (Å²) in [7, 11) is 2.76. The monoisotopic (exact) mass is 243 g/mol. The second-order valence-electron chi connectivity index (χ2n) is 4.31. The number of nitrogens with zero attached hydrogens (tertiary/aromatic N) is 1. The highest BCUT2D eigenvalue weighted by Crippen LogP contribution is 2.23. The summed E-state index contributed by atoms with van der Waals surface area (Å²) in [6, 6.07) is 0.402. The van der Waals surface area contributed by atoms with Crippen LogP contribution in [0.2, 0.25) is 0 Å². The number of hydrogen-bond donors (Lipinski definition) is 0. The van der Waals surface area contributed by atoms with Gasteiger partial charge in [-0.15, -0.1) is 0 Å². The van der Waals surface area contributed by atoms with Crippen molar-refractivity contribution in [3.05, 3.63) is 0 Å². The van der Waals surface area contributed by atoms with Gasteiger partial charge in [0.2, 0.25) is 0 Å². The number of carbonyl (C=O) groups excluding carboxylic acids is 2. The molecule has 0 heterocycles. The second kappa shape index (κ2) is 7.27. The number of ether oxygens (including phenoxy) is 2. The zero-order chi connectivity index (χ0) is 12.7. The predicted octanol–water partition coefficient (Wildman–Crippen LogP) is 0.967. The highest BCUT2D eigenvalue weighted by Gasteiger charge is 2.25. The van der Waals surface area contributed by atoms with E-state index in [-0.39, 0.29) is 18.5 Å². The molecule has 1 saturated carbocycles. The standard InChI is InChI=1S/C12H21NO4/c1-16-11(14)7-8-13(9-12(15)17-2)10-5-3-4-6-10/h10H,3-9H2,1-2H3. The van der Waals surface area contributed by atoms with E-state index >= 15 is 0 Å². The maximum absolute atomic E-state index is 11.3. The van der Waals surface area contributed by atoms with Crippen LogP contribution in [0.5, 0.6) is 0 Å². The fraction of sp³-hybridized carbons (Fsp3) is 0.833. The van der Waals surface area contributed by atoms with Gasteiger partial charge in [0.25, 0.3) is 0 Å². The Kier molecular flexibility index (Phi) is 5.97. The van der Waals surface area contributed by atoms with Crippen LogP contribution in [0.25, 0.3) is 0 Å². The minimum absolute atomic E-state index is 0.238. The van der Waals surface area contributed by atoms with Crippen molar-refractivity contribution in [1.29, 1.82) is 0 Å². The Morgan fingerprint density at radius 3 is 2.24 bits per heavy atom. The van der Waals surface area contributed by atoms with Gasteiger partial charge in [-0.1, -0.05) is 12.8 Å². The smallest absolute Gasteiger partial charge is 0.319 e. The third-order valence-corrected chi connectivity index (χ3v) is 3.23. The second-order valence-corrected chi connectivity index (χ2v) is 4.31. The number of methoxy groups -OCH3 is 2. The first kappa shape index (κ1) is 14.0. The van der Waals surface area contributed by atoms with E-state index in [0.717, 1.165) is 12.8 Å². The SMILES string of the molecule is COC(=O)CCN(CC(=O)OC)C1CCCC1. The summed E-state index contributed by atoms with van der Waals surface area (Å²) in [6.07, 6.45) is 4.90. The lowest BCUT2D eigenvalue weighted by molar-refractivity contribution is -0.145.